The number of hydrogen-bond donors (Lipinski definition) is 0. The van der Waals surface area contributed by atoms with Gasteiger partial charge in [0.25, 0.3) is 0 Å². The van der Waals surface area contributed by atoms with Gasteiger partial charge in [0.1, 0.15) is 16.5 Å². The van der Waals surface area contributed by atoms with Crippen LogP contribution in [0.4, 0.5) is 5.82 Å². The van der Waals surface area contributed by atoms with E-state index in [0.717, 1.165) is 62.2 Å². The summed E-state index contributed by atoms with van der Waals surface area (Å²) in [6.07, 6.45) is 4.39. The van der Waals surface area contributed by atoms with E-state index in [2.05, 4.69) is 52.3 Å². The molecule has 3 heterocycles. The minimum absolute atomic E-state index is 0.777. The van der Waals surface area contributed by atoms with E-state index in [1.165, 1.54) is 44.6 Å². The number of halogens is 1. The molecule has 6 heteroatoms. The fourth-order valence-electron chi connectivity index (χ4n) is 5.09. The van der Waals surface area contributed by atoms with Crippen LogP contribution < -0.4 is 4.90 Å². The molecule has 0 bridgehead atoms. The van der Waals surface area contributed by atoms with Crippen molar-refractivity contribution in [3.63, 3.8) is 0 Å². The standard InChI is InChI=1S/C27H27ClN4S/c28-22-11-5-4-9-20(22)18-31-13-15-32(16-14-31)26-25-21-10-6-12-23(21)33-27(25)30-24(29-26)17-19-7-2-1-3-8-19/h1-5,7-9,11H,6,10,12-18H2. The van der Waals surface area contributed by atoms with Gasteiger partial charge < -0.3 is 4.90 Å². The number of rotatable bonds is 5. The second kappa shape index (κ2) is 9.05. The Morgan fingerprint density at radius 3 is 2.48 bits per heavy atom. The molecule has 1 aliphatic carbocycles. The van der Waals surface area contributed by atoms with Crippen LogP contribution in [0.3, 0.4) is 0 Å². The molecule has 6 rings (SSSR count). The van der Waals surface area contributed by atoms with Crippen molar-refractivity contribution < 1.29 is 0 Å². The topological polar surface area (TPSA) is 32.3 Å². The van der Waals surface area contributed by atoms with Gasteiger partial charge in [0, 0.05) is 49.0 Å². The molecule has 0 saturated carbocycles. The number of benzene rings is 2. The Balaban J connectivity index is 1.28. The van der Waals surface area contributed by atoms with E-state index in [1.807, 2.05) is 23.5 Å². The zero-order valence-corrected chi connectivity index (χ0v) is 20.2. The molecular weight excluding hydrogens is 448 g/mol. The quantitative estimate of drug-likeness (QED) is 0.369. The molecule has 1 saturated heterocycles. The van der Waals surface area contributed by atoms with Crippen LogP contribution in [-0.4, -0.2) is 41.0 Å². The van der Waals surface area contributed by atoms with Gasteiger partial charge in [-0.3, -0.25) is 4.90 Å². The average Bonchev–Trinajstić information content (AvgIpc) is 3.42. The summed E-state index contributed by atoms with van der Waals surface area (Å²) in [7, 11) is 0. The molecule has 0 radical (unpaired) electrons. The Kier molecular flexibility index (Phi) is 5.78. The second-order valence-electron chi connectivity index (χ2n) is 9.02. The smallest absolute Gasteiger partial charge is 0.141 e. The number of hydrogen-bond acceptors (Lipinski definition) is 5. The normalized spacial score (nSPS) is 16.5. The highest BCUT2D eigenvalue weighted by Gasteiger charge is 2.27. The first-order valence-corrected chi connectivity index (χ1v) is 13.0. The Morgan fingerprint density at radius 2 is 1.67 bits per heavy atom. The number of aryl methyl sites for hydroxylation is 2. The summed E-state index contributed by atoms with van der Waals surface area (Å²) in [6, 6.07) is 18.7. The van der Waals surface area contributed by atoms with Crippen LogP contribution in [0.1, 0.15) is 33.8 Å². The van der Waals surface area contributed by atoms with Crippen molar-refractivity contribution in [3.8, 4) is 0 Å². The van der Waals surface area contributed by atoms with E-state index in [4.69, 9.17) is 21.6 Å². The molecule has 168 valence electrons. The van der Waals surface area contributed by atoms with Gasteiger partial charge >= 0.3 is 0 Å². The third-order valence-corrected chi connectivity index (χ3v) is 8.37. The van der Waals surface area contributed by atoms with E-state index in [-0.39, 0.29) is 0 Å². The SMILES string of the molecule is Clc1ccccc1CN1CCN(c2nc(Cc3ccccc3)nc3sc4c(c23)CCC4)CC1. The molecule has 0 atom stereocenters. The van der Waals surface area contributed by atoms with E-state index >= 15 is 0 Å². The Bertz CT molecular complexity index is 1280. The lowest BCUT2D eigenvalue weighted by Gasteiger charge is -2.36. The summed E-state index contributed by atoms with van der Waals surface area (Å²) in [5.74, 6) is 2.09. The predicted octanol–water partition coefficient (Wildman–Crippen LogP) is 5.75. The number of thiophene rings is 1. The first kappa shape index (κ1) is 21.1. The summed E-state index contributed by atoms with van der Waals surface area (Å²) in [5.41, 5.74) is 3.98. The molecule has 0 spiro atoms. The van der Waals surface area contributed by atoms with Gasteiger partial charge in [0.2, 0.25) is 0 Å². The Hall–Kier alpha value is -2.47. The molecule has 1 fully saturated rings. The molecule has 4 nitrogen and oxygen atoms in total. The predicted molar refractivity (Wildman–Crippen MR) is 138 cm³/mol. The molecule has 2 aromatic heterocycles. The monoisotopic (exact) mass is 474 g/mol. The zero-order valence-electron chi connectivity index (χ0n) is 18.6. The van der Waals surface area contributed by atoms with Crippen LogP contribution in [-0.2, 0) is 25.8 Å². The minimum atomic E-state index is 0.777. The van der Waals surface area contributed by atoms with E-state index in [1.54, 1.807) is 0 Å². The van der Waals surface area contributed by atoms with Gasteiger partial charge in [-0.15, -0.1) is 11.3 Å². The van der Waals surface area contributed by atoms with E-state index in [0.29, 0.717) is 0 Å². The maximum absolute atomic E-state index is 6.41. The number of fused-ring (bicyclic) bond motifs is 3. The summed E-state index contributed by atoms with van der Waals surface area (Å²) >= 11 is 8.30. The summed E-state index contributed by atoms with van der Waals surface area (Å²) in [6.45, 7) is 4.88. The molecule has 2 aliphatic rings. The van der Waals surface area contributed by atoms with Crippen LogP contribution in [0.25, 0.3) is 10.2 Å². The minimum Gasteiger partial charge on any atom is -0.353 e. The molecule has 4 aromatic rings. The van der Waals surface area contributed by atoms with E-state index < -0.39 is 0 Å². The van der Waals surface area contributed by atoms with Gasteiger partial charge in [-0.2, -0.15) is 0 Å². The lowest BCUT2D eigenvalue weighted by Crippen LogP contribution is -2.46. The van der Waals surface area contributed by atoms with Crippen LogP contribution in [0.5, 0.6) is 0 Å². The van der Waals surface area contributed by atoms with Gasteiger partial charge in [-0.1, -0.05) is 60.1 Å². The largest absolute Gasteiger partial charge is 0.353 e. The fraction of sp³-hybridized carbons (Fsp3) is 0.333. The van der Waals surface area contributed by atoms with Crippen molar-refractivity contribution in [2.75, 3.05) is 31.1 Å². The van der Waals surface area contributed by atoms with Crippen molar-refractivity contribution >= 4 is 39.0 Å². The molecule has 0 N–H and O–H groups in total. The summed E-state index contributed by atoms with van der Waals surface area (Å²) in [4.78, 5) is 17.9. The lowest BCUT2D eigenvalue weighted by atomic mass is 10.1. The average molecular weight is 475 g/mol. The van der Waals surface area contributed by atoms with Crippen LogP contribution in [0.15, 0.2) is 54.6 Å². The molecule has 1 aliphatic heterocycles. The number of nitrogens with zero attached hydrogens (tertiary/aromatic N) is 4. The van der Waals surface area contributed by atoms with Gasteiger partial charge in [-0.05, 0) is 42.0 Å². The number of piperazine rings is 1. The summed E-state index contributed by atoms with van der Waals surface area (Å²) < 4.78 is 0. The first-order chi connectivity index (χ1) is 16.2. The van der Waals surface area contributed by atoms with Crippen molar-refractivity contribution in [2.45, 2.75) is 32.2 Å². The van der Waals surface area contributed by atoms with E-state index in [9.17, 15) is 0 Å². The third kappa shape index (κ3) is 4.25. The fourth-order valence-corrected chi connectivity index (χ4v) is 6.56. The van der Waals surface area contributed by atoms with Gasteiger partial charge in [0.15, 0.2) is 0 Å². The lowest BCUT2D eigenvalue weighted by molar-refractivity contribution is 0.249. The molecular formula is C27H27ClN4S. The van der Waals surface area contributed by atoms with Crippen LogP contribution in [0.2, 0.25) is 5.02 Å². The first-order valence-electron chi connectivity index (χ1n) is 11.8. The van der Waals surface area contributed by atoms with Crippen molar-refractivity contribution in [3.05, 3.63) is 87.0 Å². The maximum atomic E-state index is 6.41. The van der Waals surface area contributed by atoms with Gasteiger partial charge in [-0.25, -0.2) is 9.97 Å². The molecule has 2 aromatic carbocycles. The van der Waals surface area contributed by atoms with Crippen molar-refractivity contribution in [2.24, 2.45) is 0 Å². The zero-order chi connectivity index (χ0) is 22.2. The molecule has 0 unspecified atom stereocenters. The Labute approximate surface area is 203 Å². The van der Waals surface area contributed by atoms with Gasteiger partial charge in [0.05, 0.1) is 5.39 Å². The highest BCUT2D eigenvalue weighted by molar-refractivity contribution is 7.19. The maximum Gasteiger partial charge on any atom is 0.141 e. The highest BCUT2D eigenvalue weighted by Crippen LogP contribution is 2.41. The second-order valence-corrected chi connectivity index (χ2v) is 10.5. The molecule has 33 heavy (non-hydrogen) atoms. The Morgan fingerprint density at radius 1 is 0.879 bits per heavy atom. The van der Waals surface area contributed by atoms with Crippen molar-refractivity contribution in [1.29, 1.82) is 0 Å². The van der Waals surface area contributed by atoms with Crippen molar-refractivity contribution in [1.82, 2.24) is 14.9 Å². The highest BCUT2D eigenvalue weighted by atomic mass is 35.5. The third-order valence-electron chi connectivity index (χ3n) is 6.82. The van der Waals surface area contributed by atoms with Crippen LogP contribution in [0, 0.1) is 0 Å². The number of anilines is 1. The van der Waals surface area contributed by atoms with Crippen LogP contribution >= 0.6 is 22.9 Å². The molecule has 0 amide bonds. The number of aromatic nitrogens is 2. The summed E-state index contributed by atoms with van der Waals surface area (Å²) in [5, 5.41) is 2.18.